The monoisotopic (exact) mass is 294 g/mol. The Morgan fingerprint density at radius 3 is 2.80 bits per heavy atom. The lowest BCUT2D eigenvalue weighted by Crippen LogP contribution is -2.14. The van der Waals surface area contributed by atoms with Gasteiger partial charge in [-0.15, -0.1) is 0 Å². The molecule has 104 valence electrons. The second-order valence-electron chi connectivity index (χ2n) is 3.91. The normalized spacial score (nSPS) is 10.3. The topological polar surface area (TPSA) is 90.1 Å². The molecule has 1 aromatic heterocycles. The molecule has 1 N–H and O–H groups in total. The summed E-state index contributed by atoms with van der Waals surface area (Å²) >= 11 is 5.91. The Hall–Kier alpha value is -2.41. The van der Waals surface area contributed by atoms with Crippen LogP contribution >= 0.6 is 11.6 Å². The molecule has 0 aliphatic rings. The van der Waals surface area contributed by atoms with E-state index in [1.165, 1.54) is 29.1 Å². The molecule has 2 rings (SSSR count). The number of nitro groups is 1. The molecule has 8 heteroatoms. The van der Waals surface area contributed by atoms with Crippen molar-refractivity contribution < 1.29 is 9.72 Å². The van der Waals surface area contributed by atoms with E-state index in [-0.39, 0.29) is 22.1 Å². The van der Waals surface area contributed by atoms with E-state index in [1.54, 1.807) is 6.07 Å². The molecule has 0 bridgehead atoms. The van der Waals surface area contributed by atoms with Gasteiger partial charge in [-0.05, 0) is 13.0 Å². The highest BCUT2D eigenvalue weighted by Crippen LogP contribution is 2.24. The van der Waals surface area contributed by atoms with Crippen molar-refractivity contribution in [1.82, 2.24) is 9.78 Å². The lowest BCUT2D eigenvalue weighted by Gasteiger charge is -2.04. The number of anilines is 1. The predicted octanol–water partition coefficient (Wildman–Crippen LogP) is 2.72. The Labute approximate surface area is 119 Å². The molecule has 0 unspecified atom stereocenters. The van der Waals surface area contributed by atoms with E-state index in [0.717, 1.165) is 0 Å². The smallest absolute Gasteiger partial charge is 0.292 e. The first-order chi connectivity index (χ1) is 9.52. The summed E-state index contributed by atoms with van der Waals surface area (Å²) in [5.74, 6) is -0.587. The minimum atomic E-state index is -0.587. The number of aromatic nitrogens is 2. The maximum Gasteiger partial charge on any atom is 0.292 e. The third kappa shape index (κ3) is 2.77. The van der Waals surface area contributed by atoms with Gasteiger partial charge in [0, 0.05) is 18.8 Å². The van der Waals surface area contributed by atoms with Crippen LogP contribution in [0.5, 0.6) is 0 Å². The highest BCUT2D eigenvalue weighted by molar-refractivity contribution is 6.34. The van der Waals surface area contributed by atoms with Crippen LogP contribution < -0.4 is 5.32 Å². The first-order valence-corrected chi connectivity index (χ1v) is 6.18. The fourth-order valence-electron chi connectivity index (χ4n) is 1.63. The number of hydrogen-bond acceptors (Lipinski definition) is 4. The Morgan fingerprint density at radius 2 is 2.20 bits per heavy atom. The van der Waals surface area contributed by atoms with Crippen molar-refractivity contribution in [3.8, 4) is 0 Å². The maximum absolute atomic E-state index is 12.0. The van der Waals surface area contributed by atoms with Crippen molar-refractivity contribution in [2.75, 3.05) is 5.32 Å². The van der Waals surface area contributed by atoms with Gasteiger partial charge in [0.05, 0.1) is 9.95 Å². The van der Waals surface area contributed by atoms with Crippen molar-refractivity contribution in [3.63, 3.8) is 0 Å². The number of para-hydroxylation sites is 2. The third-order valence-electron chi connectivity index (χ3n) is 2.61. The molecule has 2 aromatic rings. The number of rotatable bonds is 4. The Bertz CT molecular complexity index is 668. The molecular weight excluding hydrogens is 284 g/mol. The van der Waals surface area contributed by atoms with Crippen LogP contribution in [-0.4, -0.2) is 20.6 Å². The molecular formula is C12H11ClN4O3. The number of carbonyl (C=O) groups is 1. The zero-order valence-electron chi connectivity index (χ0n) is 10.5. The van der Waals surface area contributed by atoms with Crippen LogP contribution in [0.3, 0.4) is 0 Å². The lowest BCUT2D eigenvalue weighted by atomic mass is 10.2. The van der Waals surface area contributed by atoms with Crippen LogP contribution in [0.2, 0.25) is 5.02 Å². The molecule has 1 aromatic carbocycles. The summed E-state index contributed by atoms with van der Waals surface area (Å²) in [5.41, 5.74) is -0.0526. The van der Waals surface area contributed by atoms with Crippen LogP contribution in [0.1, 0.15) is 17.4 Å². The molecule has 0 radical (unpaired) electrons. The molecule has 0 saturated heterocycles. The average molecular weight is 295 g/mol. The molecule has 0 aliphatic heterocycles. The summed E-state index contributed by atoms with van der Waals surface area (Å²) < 4.78 is 1.51. The average Bonchev–Trinajstić information content (AvgIpc) is 2.80. The number of halogens is 1. The first-order valence-electron chi connectivity index (χ1n) is 5.80. The van der Waals surface area contributed by atoms with Gasteiger partial charge in [0.2, 0.25) is 0 Å². The molecule has 7 nitrogen and oxygen atoms in total. The van der Waals surface area contributed by atoms with E-state index in [4.69, 9.17) is 11.6 Å². The second-order valence-corrected chi connectivity index (χ2v) is 4.32. The van der Waals surface area contributed by atoms with Crippen molar-refractivity contribution in [2.24, 2.45) is 0 Å². The standard InChI is InChI=1S/C12H11ClN4O3/c1-2-16-7-8(13)11(15-16)12(18)14-9-5-3-4-6-10(9)17(19)20/h3-7H,2H2,1H3,(H,14,18). The van der Waals surface area contributed by atoms with E-state index in [2.05, 4.69) is 10.4 Å². The molecule has 0 saturated carbocycles. The molecule has 1 amide bonds. The fourth-order valence-corrected chi connectivity index (χ4v) is 1.87. The lowest BCUT2D eigenvalue weighted by molar-refractivity contribution is -0.383. The molecule has 0 spiro atoms. The number of nitro benzene ring substituents is 1. The van der Waals surface area contributed by atoms with Crippen LogP contribution in [0.4, 0.5) is 11.4 Å². The summed E-state index contributed by atoms with van der Waals surface area (Å²) in [6.07, 6.45) is 1.52. The van der Waals surface area contributed by atoms with Crippen LogP contribution in [0.25, 0.3) is 0 Å². The van der Waals surface area contributed by atoms with Gasteiger partial charge in [-0.3, -0.25) is 19.6 Å². The Morgan fingerprint density at radius 1 is 1.50 bits per heavy atom. The molecule has 1 heterocycles. The van der Waals surface area contributed by atoms with Crippen LogP contribution in [0, 0.1) is 10.1 Å². The fraction of sp³-hybridized carbons (Fsp3) is 0.167. The van der Waals surface area contributed by atoms with Gasteiger partial charge >= 0.3 is 0 Å². The summed E-state index contributed by atoms with van der Waals surface area (Å²) in [7, 11) is 0. The largest absolute Gasteiger partial charge is 0.315 e. The maximum atomic E-state index is 12.0. The van der Waals surface area contributed by atoms with E-state index < -0.39 is 10.8 Å². The van der Waals surface area contributed by atoms with E-state index in [0.29, 0.717) is 6.54 Å². The van der Waals surface area contributed by atoms with Gasteiger partial charge in [-0.1, -0.05) is 23.7 Å². The van der Waals surface area contributed by atoms with Crippen molar-refractivity contribution in [3.05, 3.63) is 51.3 Å². The van der Waals surface area contributed by atoms with Gasteiger partial charge in [0.1, 0.15) is 5.69 Å². The number of benzene rings is 1. The predicted molar refractivity (Wildman–Crippen MR) is 74.0 cm³/mol. The van der Waals surface area contributed by atoms with Crippen LogP contribution in [0.15, 0.2) is 30.5 Å². The van der Waals surface area contributed by atoms with Gasteiger partial charge in [-0.2, -0.15) is 5.10 Å². The molecule has 20 heavy (non-hydrogen) atoms. The van der Waals surface area contributed by atoms with Crippen LogP contribution in [-0.2, 0) is 6.54 Å². The molecule has 0 aliphatic carbocycles. The zero-order chi connectivity index (χ0) is 14.7. The van der Waals surface area contributed by atoms with Crippen molar-refractivity contribution in [1.29, 1.82) is 0 Å². The van der Waals surface area contributed by atoms with Crippen molar-refractivity contribution >= 4 is 28.9 Å². The van der Waals surface area contributed by atoms with Crippen molar-refractivity contribution in [2.45, 2.75) is 13.5 Å². The van der Waals surface area contributed by atoms with E-state index in [9.17, 15) is 14.9 Å². The Balaban J connectivity index is 2.28. The minimum Gasteiger partial charge on any atom is -0.315 e. The Kier molecular flexibility index (Phi) is 3.99. The number of hydrogen-bond donors (Lipinski definition) is 1. The second kappa shape index (κ2) is 5.70. The molecule has 0 atom stereocenters. The van der Waals surface area contributed by atoms with E-state index >= 15 is 0 Å². The number of nitrogens with one attached hydrogen (secondary N) is 1. The molecule has 0 fully saturated rings. The SMILES string of the molecule is CCn1cc(Cl)c(C(=O)Nc2ccccc2[N+](=O)[O-])n1. The van der Waals surface area contributed by atoms with Gasteiger partial charge in [0.25, 0.3) is 11.6 Å². The summed E-state index contributed by atoms with van der Waals surface area (Å²) in [4.78, 5) is 22.3. The highest BCUT2D eigenvalue weighted by Gasteiger charge is 2.19. The third-order valence-corrected chi connectivity index (χ3v) is 2.88. The summed E-state index contributed by atoms with van der Waals surface area (Å²) in [6, 6.07) is 5.87. The first kappa shape index (κ1) is 14.0. The number of amides is 1. The minimum absolute atomic E-state index is 0.0340. The van der Waals surface area contributed by atoms with E-state index in [1.807, 2.05) is 6.92 Å². The summed E-state index contributed by atoms with van der Waals surface area (Å²) in [5, 5.41) is 17.5. The van der Waals surface area contributed by atoms with Gasteiger partial charge in [-0.25, -0.2) is 0 Å². The number of carbonyl (C=O) groups excluding carboxylic acids is 1. The quantitative estimate of drug-likeness (QED) is 0.693. The number of nitrogens with zero attached hydrogens (tertiary/aromatic N) is 3. The highest BCUT2D eigenvalue weighted by atomic mass is 35.5. The zero-order valence-corrected chi connectivity index (χ0v) is 11.3. The van der Waals surface area contributed by atoms with Gasteiger partial charge in [0.15, 0.2) is 5.69 Å². The summed E-state index contributed by atoms with van der Waals surface area (Å²) in [6.45, 7) is 2.42. The van der Waals surface area contributed by atoms with Gasteiger partial charge < -0.3 is 5.32 Å². The number of aryl methyl sites for hydroxylation is 1.